The standard InChI is InChI=1S/C24H25FN2O6S/c1-5-33-16-7-9-17(10-8-16)34(29,30)27-20-14-23(32-4)22(31-3)13-18(20)24(28)26-21-12-15(2)6-11-19(21)25/h6-14,27H,5H2,1-4H3,(H,26,28). The third kappa shape index (κ3) is 5.57. The lowest BCUT2D eigenvalue weighted by Gasteiger charge is -2.17. The van der Waals surface area contributed by atoms with E-state index in [0.717, 1.165) is 5.56 Å². The predicted octanol–water partition coefficient (Wildman–Crippen LogP) is 4.60. The third-order valence-corrected chi connectivity index (χ3v) is 6.21. The number of sulfonamides is 1. The number of hydrogen-bond acceptors (Lipinski definition) is 6. The Kier molecular flexibility index (Phi) is 7.62. The van der Waals surface area contributed by atoms with Gasteiger partial charge in [-0.1, -0.05) is 6.07 Å². The van der Waals surface area contributed by atoms with Gasteiger partial charge in [0.1, 0.15) is 11.6 Å². The normalized spacial score (nSPS) is 11.0. The number of rotatable bonds is 9. The van der Waals surface area contributed by atoms with Gasteiger partial charge in [-0.05, 0) is 61.9 Å². The van der Waals surface area contributed by atoms with E-state index < -0.39 is 21.7 Å². The van der Waals surface area contributed by atoms with E-state index in [2.05, 4.69) is 10.0 Å². The zero-order valence-electron chi connectivity index (χ0n) is 19.1. The zero-order chi connectivity index (χ0) is 24.9. The fourth-order valence-electron chi connectivity index (χ4n) is 3.16. The molecule has 2 N–H and O–H groups in total. The van der Waals surface area contributed by atoms with Gasteiger partial charge < -0.3 is 19.5 Å². The number of nitrogens with one attached hydrogen (secondary N) is 2. The minimum absolute atomic E-state index is 0.0400. The van der Waals surface area contributed by atoms with Gasteiger partial charge in [0.25, 0.3) is 15.9 Å². The molecule has 34 heavy (non-hydrogen) atoms. The summed E-state index contributed by atoms with van der Waals surface area (Å²) >= 11 is 0. The van der Waals surface area contributed by atoms with Gasteiger partial charge in [-0.25, -0.2) is 12.8 Å². The SMILES string of the molecule is CCOc1ccc(S(=O)(=O)Nc2cc(OC)c(OC)cc2C(=O)Nc2cc(C)ccc2F)cc1. The molecule has 0 aromatic heterocycles. The number of carbonyl (C=O) groups is 1. The molecule has 3 aromatic carbocycles. The van der Waals surface area contributed by atoms with Gasteiger partial charge in [-0.3, -0.25) is 9.52 Å². The lowest BCUT2D eigenvalue weighted by atomic mass is 10.1. The highest BCUT2D eigenvalue weighted by Crippen LogP contribution is 2.35. The molecule has 0 heterocycles. The number of carbonyl (C=O) groups excluding carboxylic acids is 1. The van der Waals surface area contributed by atoms with Crippen molar-refractivity contribution >= 4 is 27.3 Å². The Bertz CT molecular complexity index is 1290. The summed E-state index contributed by atoms with van der Waals surface area (Å²) < 4.78 is 58.6. The highest BCUT2D eigenvalue weighted by atomic mass is 32.2. The number of amides is 1. The molecule has 180 valence electrons. The van der Waals surface area contributed by atoms with Crippen molar-refractivity contribution in [2.45, 2.75) is 18.7 Å². The average Bonchev–Trinajstić information content (AvgIpc) is 2.81. The van der Waals surface area contributed by atoms with Gasteiger partial charge in [-0.15, -0.1) is 0 Å². The summed E-state index contributed by atoms with van der Waals surface area (Å²) in [5.74, 6) is -0.454. The molecule has 0 saturated carbocycles. The first-order valence-electron chi connectivity index (χ1n) is 10.3. The molecule has 0 spiro atoms. The summed E-state index contributed by atoms with van der Waals surface area (Å²) in [7, 11) is -1.33. The molecular weight excluding hydrogens is 463 g/mol. The molecule has 0 fully saturated rings. The van der Waals surface area contributed by atoms with Crippen LogP contribution in [0.4, 0.5) is 15.8 Å². The Morgan fingerprint density at radius 3 is 2.21 bits per heavy atom. The molecule has 0 atom stereocenters. The summed E-state index contributed by atoms with van der Waals surface area (Å²) in [4.78, 5) is 13.0. The largest absolute Gasteiger partial charge is 0.494 e. The average molecular weight is 489 g/mol. The summed E-state index contributed by atoms with van der Waals surface area (Å²) in [6.45, 7) is 4.01. The molecule has 3 rings (SSSR count). The quantitative estimate of drug-likeness (QED) is 0.456. The molecule has 3 aromatic rings. The fraction of sp³-hybridized carbons (Fsp3) is 0.208. The smallest absolute Gasteiger partial charge is 0.261 e. The number of benzene rings is 3. The zero-order valence-corrected chi connectivity index (χ0v) is 20.0. The molecule has 0 saturated heterocycles. The maximum Gasteiger partial charge on any atom is 0.261 e. The highest BCUT2D eigenvalue weighted by Gasteiger charge is 2.23. The Balaban J connectivity index is 2.01. The monoisotopic (exact) mass is 488 g/mol. The number of anilines is 2. The second-order valence-corrected chi connectivity index (χ2v) is 8.88. The Labute approximate surface area is 197 Å². The minimum atomic E-state index is -4.09. The molecule has 0 unspecified atom stereocenters. The van der Waals surface area contributed by atoms with Crippen molar-refractivity contribution in [1.82, 2.24) is 0 Å². The fourth-order valence-corrected chi connectivity index (χ4v) is 4.23. The van der Waals surface area contributed by atoms with Crippen LogP contribution in [0.3, 0.4) is 0 Å². The van der Waals surface area contributed by atoms with Crippen LogP contribution in [-0.4, -0.2) is 35.2 Å². The van der Waals surface area contributed by atoms with Crippen LogP contribution in [0, 0.1) is 12.7 Å². The predicted molar refractivity (Wildman–Crippen MR) is 127 cm³/mol. The second-order valence-electron chi connectivity index (χ2n) is 7.20. The molecule has 8 nitrogen and oxygen atoms in total. The van der Waals surface area contributed by atoms with Crippen molar-refractivity contribution in [2.75, 3.05) is 30.9 Å². The van der Waals surface area contributed by atoms with Crippen molar-refractivity contribution in [3.63, 3.8) is 0 Å². The van der Waals surface area contributed by atoms with Gasteiger partial charge in [0, 0.05) is 6.07 Å². The molecule has 0 aliphatic carbocycles. The number of aryl methyl sites for hydroxylation is 1. The van der Waals surface area contributed by atoms with Crippen LogP contribution in [0.25, 0.3) is 0 Å². The van der Waals surface area contributed by atoms with Crippen molar-refractivity contribution < 1.29 is 31.8 Å². The van der Waals surface area contributed by atoms with Crippen LogP contribution in [0.15, 0.2) is 59.5 Å². The van der Waals surface area contributed by atoms with E-state index in [-0.39, 0.29) is 33.3 Å². The van der Waals surface area contributed by atoms with Crippen LogP contribution in [-0.2, 0) is 10.0 Å². The molecule has 0 radical (unpaired) electrons. The van der Waals surface area contributed by atoms with E-state index in [1.54, 1.807) is 13.0 Å². The summed E-state index contributed by atoms with van der Waals surface area (Å²) in [5, 5.41) is 2.48. The Morgan fingerprint density at radius 2 is 1.59 bits per heavy atom. The number of halogens is 1. The van der Waals surface area contributed by atoms with E-state index in [9.17, 15) is 17.6 Å². The lowest BCUT2D eigenvalue weighted by Crippen LogP contribution is -2.19. The molecule has 0 aliphatic rings. The van der Waals surface area contributed by atoms with Gasteiger partial charge in [0.05, 0.1) is 42.7 Å². The number of ether oxygens (including phenoxy) is 3. The second kappa shape index (κ2) is 10.4. The molecular formula is C24H25FN2O6S. The first-order chi connectivity index (χ1) is 16.2. The minimum Gasteiger partial charge on any atom is -0.494 e. The van der Waals surface area contributed by atoms with Gasteiger partial charge in [0.15, 0.2) is 11.5 Å². The first kappa shape index (κ1) is 24.8. The van der Waals surface area contributed by atoms with Crippen LogP contribution in [0.5, 0.6) is 17.2 Å². The van der Waals surface area contributed by atoms with Crippen LogP contribution >= 0.6 is 0 Å². The first-order valence-corrected chi connectivity index (χ1v) is 11.8. The Morgan fingerprint density at radius 1 is 0.941 bits per heavy atom. The topological polar surface area (TPSA) is 103 Å². The molecule has 0 aliphatic heterocycles. The molecule has 0 bridgehead atoms. The number of methoxy groups -OCH3 is 2. The highest BCUT2D eigenvalue weighted by molar-refractivity contribution is 7.92. The van der Waals surface area contributed by atoms with Gasteiger partial charge >= 0.3 is 0 Å². The van der Waals surface area contributed by atoms with Crippen LogP contribution in [0.1, 0.15) is 22.8 Å². The van der Waals surface area contributed by atoms with Crippen molar-refractivity contribution in [3.8, 4) is 17.2 Å². The van der Waals surface area contributed by atoms with E-state index in [4.69, 9.17) is 14.2 Å². The third-order valence-electron chi connectivity index (χ3n) is 4.83. The maximum atomic E-state index is 14.2. The van der Waals surface area contributed by atoms with Crippen molar-refractivity contribution in [2.24, 2.45) is 0 Å². The van der Waals surface area contributed by atoms with Crippen LogP contribution in [0.2, 0.25) is 0 Å². The van der Waals surface area contributed by atoms with E-state index in [0.29, 0.717) is 12.4 Å². The summed E-state index contributed by atoms with van der Waals surface area (Å²) in [5.41, 5.74) is 0.533. The van der Waals surface area contributed by atoms with Crippen LogP contribution < -0.4 is 24.2 Å². The van der Waals surface area contributed by atoms with Gasteiger partial charge in [-0.2, -0.15) is 0 Å². The lowest BCUT2D eigenvalue weighted by molar-refractivity contribution is 0.102. The van der Waals surface area contributed by atoms with E-state index in [1.807, 2.05) is 6.92 Å². The summed E-state index contributed by atoms with van der Waals surface area (Å²) in [6.07, 6.45) is 0. The molecule has 10 heteroatoms. The number of hydrogen-bond donors (Lipinski definition) is 2. The summed E-state index contributed by atoms with van der Waals surface area (Å²) in [6, 6.07) is 12.7. The van der Waals surface area contributed by atoms with Gasteiger partial charge in [0.2, 0.25) is 0 Å². The van der Waals surface area contributed by atoms with E-state index >= 15 is 0 Å². The molecule has 1 amide bonds. The maximum absolute atomic E-state index is 14.2. The van der Waals surface area contributed by atoms with E-state index in [1.165, 1.54) is 62.8 Å². The Hall–Kier alpha value is -3.79. The van der Waals surface area contributed by atoms with Crippen molar-refractivity contribution in [1.29, 1.82) is 0 Å². The van der Waals surface area contributed by atoms with Crippen molar-refractivity contribution in [3.05, 3.63) is 71.5 Å².